The number of ether oxygens (including phenoxy) is 1. The van der Waals surface area contributed by atoms with Gasteiger partial charge >= 0.3 is 0 Å². The molecule has 2 nitrogen and oxygen atoms in total. The van der Waals surface area contributed by atoms with Crippen molar-refractivity contribution < 1.29 is 4.74 Å². The lowest BCUT2D eigenvalue weighted by Crippen LogP contribution is -1.92. The standard InChI is InChI=1S/C9H11NO/c1-2-3-4-5-8-11-9-6-7-10/h2H,1,3,6,8-9H2. The second-order valence-corrected chi connectivity index (χ2v) is 1.81. The van der Waals surface area contributed by atoms with Gasteiger partial charge in [0, 0.05) is 6.42 Å². The highest BCUT2D eigenvalue weighted by atomic mass is 16.5. The number of hydrogen-bond donors (Lipinski definition) is 0. The molecule has 0 aromatic rings. The van der Waals surface area contributed by atoms with Crippen LogP contribution < -0.4 is 0 Å². The molecule has 0 saturated heterocycles. The first-order chi connectivity index (χ1) is 5.41. The summed E-state index contributed by atoms with van der Waals surface area (Å²) in [5.74, 6) is 5.63. The van der Waals surface area contributed by atoms with Gasteiger partial charge in [0.25, 0.3) is 0 Å². The van der Waals surface area contributed by atoms with Crippen LogP contribution in [-0.2, 0) is 4.74 Å². The summed E-state index contributed by atoms with van der Waals surface area (Å²) in [6.07, 6.45) is 2.87. The van der Waals surface area contributed by atoms with Crippen molar-refractivity contribution >= 4 is 0 Å². The largest absolute Gasteiger partial charge is 0.368 e. The predicted molar refractivity (Wildman–Crippen MR) is 43.6 cm³/mol. The van der Waals surface area contributed by atoms with Gasteiger partial charge in [-0.05, 0) is 0 Å². The third-order valence-corrected chi connectivity index (χ3v) is 0.904. The number of rotatable bonds is 4. The maximum atomic E-state index is 8.13. The molecular formula is C9H11NO. The van der Waals surface area contributed by atoms with Gasteiger partial charge in [0.1, 0.15) is 6.61 Å². The maximum absolute atomic E-state index is 8.13. The van der Waals surface area contributed by atoms with Crippen molar-refractivity contribution in [1.29, 1.82) is 5.26 Å². The highest BCUT2D eigenvalue weighted by Gasteiger charge is 1.80. The molecule has 0 fully saturated rings. The zero-order chi connectivity index (χ0) is 8.36. The Morgan fingerprint density at radius 1 is 1.45 bits per heavy atom. The van der Waals surface area contributed by atoms with E-state index in [4.69, 9.17) is 10.00 Å². The van der Waals surface area contributed by atoms with E-state index in [0.717, 1.165) is 0 Å². The van der Waals surface area contributed by atoms with Crippen molar-refractivity contribution in [3.8, 4) is 17.9 Å². The van der Waals surface area contributed by atoms with Crippen molar-refractivity contribution in [2.45, 2.75) is 12.8 Å². The van der Waals surface area contributed by atoms with E-state index in [9.17, 15) is 0 Å². The van der Waals surface area contributed by atoms with Crippen molar-refractivity contribution in [2.24, 2.45) is 0 Å². The summed E-state index contributed by atoms with van der Waals surface area (Å²) in [4.78, 5) is 0. The van der Waals surface area contributed by atoms with Gasteiger partial charge in [-0.2, -0.15) is 5.26 Å². The minimum absolute atomic E-state index is 0.412. The van der Waals surface area contributed by atoms with E-state index in [0.29, 0.717) is 26.1 Å². The highest BCUT2D eigenvalue weighted by molar-refractivity contribution is 5.02. The van der Waals surface area contributed by atoms with Crippen LogP contribution in [-0.4, -0.2) is 13.2 Å². The molecule has 0 aliphatic carbocycles. The molecule has 0 bridgehead atoms. The molecule has 0 aliphatic rings. The first kappa shape index (κ1) is 9.75. The van der Waals surface area contributed by atoms with Gasteiger partial charge in [-0.3, -0.25) is 0 Å². The molecule has 0 unspecified atom stereocenters. The Bertz CT molecular complexity index is 192. The summed E-state index contributed by atoms with van der Waals surface area (Å²) in [5, 5.41) is 8.13. The molecule has 0 radical (unpaired) electrons. The van der Waals surface area contributed by atoms with Crippen LogP contribution in [0.15, 0.2) is 12.7 Å². The van der Waals surface area contributed by atoms with Crippen LogP contribution in [0.5, 0.6) is 0 Å². The number of nitrogens with zero attached hydrogens (tertiary/aromatic N) is 1. The summed E-state index contributed by atoms with van der Waals surface area (Å²) < 4.78 is 4.99. The number of hydrogen-bond acceptors (Lipinski definition) is 2. The van der Waals surface area contributed by atoms with E-state index >= 15 is 0 Å². The van der Waals surface area contributed by atoms with E-state index in [1.54, 1.807) is 6.08 Å². The van der Waals surface area contributed by atoms with Gasteiger partial charge < -0.3 is 4.74 Å². The Hall–Kier alpha value is -1.25. The van der Waals surface area contributed by atoms with Crippen molar-refractivity contribution in [3.05, 3.63) is 12.7 Å². The highest BCUT2D eigenvalue weighted by Crippen LogP contribution is 1.79. The molecule has 0 saturated carbocycles. The molecular weight excluding hydrogens is 138 g/mol. The smallest absolute Gasteiger partial charge is 0.107 e. The van der Waals surface area contributed by atoms with Crippen LogP contribution in [0.4, 0.5) is 0 Å². The average Bonchev–Trinajstić information content (AvgIpc) is 2.03. The fraction of sp³-hybridized carbons (Fsp3) is 0.444. The fourth-order valence-corrected chi connectivity index (χ4v) is 0.436. The molecule has 2 heteroatoms. The van der Waals surface area contributed by atoms with Crippen LogP contribution in [0.2, 0.25) is 0 Å². The van der Waals surface area contributed by atoms with E-state index in [-0.39, 0.29) is 0 Å². The summed E-state index contributed by atoms with van der Waals surface area (Å²) in [5.41, 5.74) is 0. The number of allylic oxidation sites excluding steroid dienone is 1. The molecule has 58 valence electrons. The molecule has 0 aromatic carbocycles. The fourth-order valence-electron chi connectivity index (χ4n) is 0.436. The van der Waals surface area contributed by atoms with Gasteiger partial charge in [-0.15, -0.1) is 6.58 Å². The third kappa shape index (κ3) is 8.75. The molecule has 0 atom stereocenters. The Kier molecular flexibility index (Phi) is 7.76. The lowest BCUT2D eigenvalue weighted by molar-refractivity contribution is 0.173. The van der Waals surface area contributed by atoms with E-state index in [2.05, 4.69) is 18.4 Å². The predicted octanol–water partition coefficient (Wildman–Crippen LogP) is 1.50. The monoisotopic (exact) mass is 149 g/mol. The minimum atomic E-state index is 0.412. The Labute approximate surface area is 67.5 Å². The summed E-state index contributed by atoms with van der Waals surface area (Å²) in [6.45, 7) is 4.41. The Balaban J connectivity index is 3.09. The molecule has 11 heavy (non-hydrogen) atoms. The topological polar surface area (TPSA) is 33.0 Å². The quantitative estimate of drug-likeness (QED) is 0.344. The molecule has 0 heterocycles. The summed E-state index contributed by atoms with van der Waals surface area (Å²) in [6, 6.07) is 1.98. The summed E-state index contributed by atoms with van der Waals surface area (Å²) in [7, 11) is 0. The van der Waals surface area contributed by atoms with E-state index < -0.39 is 0 Å². The SMILES string of the molecule is C=CCC#CCOCCC#N. The van der Waals surface area contributed by atoms with E-state index in [1.807, 2.05) is 6.07 Å². The third-order valence-electron chi connectivity index (χ3n) is 0.904. The van der Waals surface area contributed by atoms with Crippen LogP contribution in [0.25, 0.3) is 0 Å². The molecule has 0 aliphatic heterocycles. The van der Waals surface area contributed by atoms with Crippen molar-refractivity contribution in [1.82, 2.24) is 0 Å². The van der Waals surface area contributed by atoms with E-state index in [1.165, 1.54) is 0 Å². The van der Waals surface area contributed by atoms with Crippen molar-refractivity contribution in [3.63, 3.8) is 0 Å². The lowest BCUT2D eigenvalue weighted by atomic mass is 10.4. The van der Waals surface area contributed by atoms with Gasteiger partial charge in [0.2, 0.25) is 0 Å². The van der Waals surface area contributed by atoms with Crippen LogP contribution >= 0.6 is 0 Å². The van der Waals surface area contributed by atoms with Gasteiger partial charge in [-0.25, -0.2) is 0 Å². The summed E-state index contributed by atoms with van der Waals surface area (Å²) >= 11 is 0. The molecule has 0 rings (SSSR count). The van der Waals surface area contributed by atoms with Gasteiger partial charge in [0.15, 0.2) is 0 Å². The van der Waals surface area contributed by atoms with Crippen LogP contribution in [0.3, 0.4) is 0 Å². The molecule has 0 aromatic heterocycles. The van der Waals surface area contributed by atoms with Gasteiger partial charge in [-0.1, -0.05) is 17.9 Å². The first-order valence-electron chi connectivity index (χ1n) is 3.43. The molecule has 0 spiro atoms. The Morgan fingerprint density at radius 2 is 2.27 bits per heavy atom. The zero-order valence-corrected chi connectivity index (χ0v) is 6.47. The maximum Gasteiger partial charge on any atom is 0.107 e. The zero-order valence-electron chi connectivity index (χ0n) is 6.47. The van der Waals surface area contributed by atoms with Crippen LogP contribution in [0, 0.1) is 23.2 Å². The van der Waals surface area contributed by atoms with Crippen molar-refractivity contribution in [2.75, 3.05) is 13.2 Å². The Morgan fingerprint density at radius 3 is 2.91 bits per heavy atom. The van der Waals surface area contributed by atoms with Gasteiger partial charge in [0.05, 0.1) is 19.1 Å². The first-order valence-corrected chi connectivity index (χ1v) is 3.43. The second kappa shape index (κ2) is 8.75. The average molecular weight is 149 g/mol. The number of nitriles is 1. The normalized spacial score (nSPS) is 7.55. The second-order valence-electron chi connectivity index (χ2n) is 1.81. The molecule has 0 amide bonds. The molecule has 0 N–H and O–H groups in total. The minimum Gasteiger partial charge on any atom is -0.368 e. The van der Waals surface area contributed by atoms with Crippen LogP contribution in [0.1, 0.15) is 12.8 Å². The lowest BCUT2D eigenvalue weighted by Gasteiger charge is -1.91.